The lowest BCUT2D eigenvalue weighted by molar-refractivity contribution is 0.0171. The minimum absolute atomic E-state index is 0.0179. The van der Waals surface area contributed by atoms with Gasteiger partial charge in [0.1, 0.15) is 5.01 Å². The van der Waals surface area contributed by atoms with E-state index in [1.807, 2.05) is 0 Å². The van der Waals surface area contributed by atoms with Crippen molar-refractivity contribution in [1.29, 1.82) is 0 Å². The molecule has 114 valence electrons. The molecular formula is C13H24N4O2S. The van der Waals surface area contributed by atoms with Gasteiger partial charge in [-0.2, -0.15) is 0 Å². The molecule has 1 saturated heterocycles. The van der Waals surface area contributed by atoms with Gasteiger partial charge in [0.2, 0.25) is 5.13 Å². The Morgan fingerprint density at radius 3 is 2.65 bits per heavy atom. The molecule has 1 atom stereocenters. The molecule has 1 unspecified atom stereocenters. The lowest BCUT2D eigenvalue weighted by Crippen LogP contribution is -2.42. The molecule has 1 fully saturated rings. The van der Waals surface area contributed by atoms with Gasteiger partial charge in [0.05, 0.1) is 19.3 Å². The summed E-state index contributed by atoms with van der Waals surface area (Å²) in [6, 6.07) is 0. The highest BCUT2D eigenvalue weighted by Gasteiger charge is 2.20. The largest absolute Gasteiger partial charge is 0.390 e. The molecule has 1 aliphatic heterocycles. The van der Waals surface area contributed by atoms with Crippen molar-refractivity contribution in [3.8, 4) is 0 Å². The fraction of sp³-hybridized carbons (Fsp3) is 0.846. The van der Waals surface area contributed by atoms with Crippen LogP contribution in [0.15, 0.2) is 0 Å². The Morgan fingerprint density at radius 1 is 1.35 bits per heavy atom. The Hall–Kier alpha value is -0.760. The summed E-state index contributed by atoms with van der Waals surface area (Å²) in [5, 5.41) is 23.3. The maximum absolute atomic E-state index is 10.0. The van der Waals surface area contributed by atoms with E-state index in [0.29, 0.717) is 13.1 Å². The highest BCUT2D eigenvalue weighted by Crippen LogP contribution is 2.27. The summed E-state index contributed by atoms with van der Waals surface area (Å²) in [6.07, 6.45) is -0.407. The summed E-state index contributed by atoms with van der Waals surface area (Å²) < 4.78 is 5.29. The molecule has 0 saturated carbocycles. The van der Waals surface area contributed by atoms with E-state index in [0.717, 1.165) is 36.4 Å². The van der Waals surface area contributed by atoms with Crippen molar-refractivity contribution in [2.24, 2.45) is 0 Å². The Balaban J connectivity index is 1.75. The van der Waals surface area contributed by atoms with Gasteiger partial charge >= 0.3 is 0 Å². The zero-order valence-corrected chi connectivity index (χ0v) is 13.2. The number of aliphatic hydroxyl groups is 1. The van der Waals surface area contributed by atoms with Crippen molar-refractivity contribution in [1.82, 2.24) is 15.1 Å². The second kappa shape index (κ2) is 6.80. The molecule has 2 rings (SSSR count). The van der Waals surface area contributed by atoms with Crippen LogP contribution in [0.5, 0.6) is 0 Å². The van der Waals surface area contributed by atoms with Crippen LogP contribution in [0.3, 0.4) is 0 Å². The summed E-state index contributed by atoms with van der Waals surface area (Å²) in [6.45, 7) is 10.8. The second-order valence-electron chi connectivity index (χ2n) is 6.11. The van der Waals surface area contributed by atoms with Gasteiger partial charge in [0, 0.05) is 31.6 Å². The number of anilines is 1. The molecule has 0 amide bonds. The van der Waals surface area contributed by atoms with Gasteiger partial charge in [-0.05, 0) is 0 Å². The first kappa shape index (κ1) is 15.6. The standard InChI is InChI=1S/C13H24N4O2S/c1-13(2,3)11-15-16-12(20-11)14-8-10(18)9-17-4-6-19-7-5-17/h10,18H,4-9H2,1-3H3,(H,14,16). The Kier molecular flexibility index (Phi) is 5.31. The van der Waals surface area contributed by atoms with E-state index in [2.05, 4.69) is 41.2 Å². The van der Waals surface area contributed by atoms with Crippen molar-refractivity contribution in [2.75, 3.05) is 44.7 Å². The molecule has 6 nitrogen and oxygen atoms in total. The minimum Gasteiger partial charge on any atom is -0.390 e. The first-order chi connectivity index (χ1) is 9.45. The number of nitrogens with one attached hydrogen (secondary N) is 1. The van der Waals surface area contributed by atoms with Crippen molar-refractivity contribution >= 4 is 16.5 Å². The fourth-order valence-corrected chi connectivity index (χ4v) is 2.76. The Morgan fingerprint density at radius 2 is 2.05 bits per heavy atom. The highest BCUT2D eigenvalue weighted by atomic mass is 32.1. The predicted molar refractivity (Wildman–Crippen MR) is 80.4 cm³/mol. The molecule has 0 aromatic carbocycles. The van der Waals surface area contributed by atoms with E-state index in [9.17, 15) is 5.11 Å². The van der Waals surface area contributed by atoms with Crippen LogP contribution >= 0.6 is 11.3 Å². The maximum atomic E-state index is 10.0. The number of aliphatic hydroxyl groups excluding tert-OH is 1. The lowest BCUT2D eigenvalue weighted by Gasteiger charge is -2.28. The molecule has 2 N–H and O–H groups in total. The normalized spacial score (nSPS) is 19.0. The monoisotopic (exact) mass is 300 g/mol. The third-order valence-corrected chi connectivity index (χ3v) is 4.43. The molecule has 20 heavy (non-hydrogen) atoms. The highest BCUT2D eigenvalue weighted by molar-refractivity contribution is 7.15. The maximum Gasteiger partial charge on any atom is 0.205 e. The fourth-order valence-electron chi connectivity index (χ4n) is 1.95. The third-order valence-electron chi connectivity index (χ3n) is 3.13. The number of aromatic nitrogens is 2. The van der Waals surface area contributed by atoms with Crippen LogP contribution in [0.1, 0.15) is 25.8 Å². The van der Waals surface area contributed by atoms with Gasteiger partial charge in [0.15, 0.2) is 0 Å². The summed E-state index contributed by atoms with van der Waals surface area (Å²) in [4.78, 5) is 2.22. The summed E-state index contributed by atoms with van der Waals surface area (Å²) in [5.41, 5.74) is 0.0179. The van der Waals surface area contributed by atoms with E-state index in [4.69, 9.17) is 4.74 Å². The first-order valence-electron chi connectivity index (χ1n) is 7.01. The molecule has 0 aliphatic carbocycles. The molecule has 0 spiro atoms. The average Bonchev–Trinajstić information content (AvgIpc) is 2.86. The number of hydrogen-bond donors (Lipinski definition) is 2. The summed E-state index contributed by atoms with van der Waals surface area (Å²) in [7, 11) is 0. The second-order valence-corrected chi connectivity index (χ2v) is 7.09. The van der Waals surface area contributed by atoms with Crippen molar-refractivity contribution in [3.63, 3.8) is 0 Å². The number of morpholine rings is 1. The topological polar surface area (TPSA) is 70.5 Å². The molecule has 0 radical (unpaired) electrons. The van der Waals surface area contributed by atoms with Crippen LogP contribution in [0, 0.1) is 0 Å². The average molecular weight is 300 g/mol. The van der Waals surface area contributed by atoms with Crippen LogP contribution in [0.4, 0.5) is 5.13 Å². The zero-order valence-electron chi connectivity index (χ0n) is 12.4. The van der Waals surface area contributed by atoms with E-state index >= 15 is 0 Å². The predicted octanol–water partition coefficient (Wildman–Crippen LogP) is 0.941. The molecule has 2 heterocycles. The molecular weight excluding hydrogens is 276 g/mol. The summed E-state index contributed by atoms with van der Waals surface area (Å²) in [5.74, 6) is 0. The molecule has 1 aliphatic rings. The third kappa shape index (κ3) is 4.66. The van der Waals surface area contributed by atoms with Crippen LogP contribution in [-0.2, 0) is 10.2 Å². The number of nitrogens with zero attached hydrogens (tertiary/aromatic N) is 3. The van der Waals surface area contributed by atoms with Gasteiger partial charge < -0.3 is 15.2 Å². The quantitative estimate of drug-likeness (QED) is 0.843. The molecule has 7 heteroatoms. The van der Waals surface area contributed by atoms with Gasteiger partial charge in [-0.25, -0.2) is 0 Å². The number of ether oxygens (including phenoxy) is 1. The van der Waals surface area contributed by atoms with E-state index < -0.39 is 6.10 Å². The number of β-amino-alcohol motifs (C(OH)–C–C–N with tert-alkyl or cyclic N) is 1. The first-order valence-corrected chi connectivity index (χ1v) is 7.83. The van der Waals surface area contributed by atoms with E-state index in [-0.39, 0.29) is 5.41 Å². The van der Waals surface area contributed by atoms with Gasteiger partial charge in [-0.3, -0.25) is 4.90 Å². The Bertz CT molecular complexity index is 413. The SMILES string of the molecule is CC(C)(C)c1nnc(NCC(O)CN2CCOCC2)s1. The number of hydrogen-bond acceptors (Lipinski definition) is 7. The zero-order chi connectivity index (χ0) is 14.6. The van der Waals surface area contributed by atoms with Crippen molar-refractivity contribution < 1.29 is 9.84 Å². The van der Waals surface area contributed by atoms with Crippen LogP contribution < -0.4 is 5.32 Å². The smallest absolute Gasteiger partial charge is 0.205 e. The van der Waals surface area contributed by atoms with Crippen LogP contribution in [0.2, 0.25) is 0 Å². The van der Waals surface area contributed by atoms with E-state index in [1.165, 1.54) is 0 Å². The van der Waals surface area contributed by atoms with Crippen LogP contribution in [-0.4, -0.2) is 65.7 Å². The van der Waals surface area contributed by atoms with Crippen molar-refractivity contribution in [2.45, 2.75) is 32.3 Å². The van der Waals surface area contributed by atoms with Crippen LogP contribution in [0.25, 0.3) is 0 Å². The lowest BCUT2D eigenvalue weighted by atomic mass is 9.98. The molecule has 1 aromatic rings. The minimum atomic E-state index is -0.407. The molecule has 1 aromatic heterocycles. The van der Waals surface area contributed by atoms with E-state index in [1.54, 1.807) is 11.3 Å². The van der Waals surface area contributed by atoms with Gasteiger partial charge in [0.25, 0.3) is 0 Å². The molecule has 0 bridgehead atoms. The Labute approximate surface area is 124 Å². The summed E-state index contributed by atoms with van der Waals surface area (Å²) >= 11 is 1.55. The van der Waals surface area contributed by atoms with Crippen molar-refractivity contribution in [3.05, 3.63) is 5.01 Å². The van der Waals surface area contributed by atoms with Gasteiger partial charge in [-0.1, -0.05) is 32.1 Å². The number of rotatable bonds is 5. The van der Waals surface area contributed by atoms with Gasteiger partial charge in [-0.15, -0.1) is 10.2 Å².